The van der Waals surface area contributed by atoms with E-state index in [2.05, 4.69) is 10.3 Å². The molecule has 1 aromatic carbocycles. The Kier molecular flexibility index (Phi) is 3.71. The Morgan fingerprint density at radius 2 is 1.55 bits per heavy atom. The molecule has 0 spiro atoms. The van der Waals surface area contributed by atoms with E-state index in [4.69, 9.17) is 5.73 Å². The zero-order valence-corrected chi connectivity index (χ0v) is 10.2. The first-order valence-electron chi connectivity index (χ1n) is 5.45. The predicted octanol–water partition coefficient (Wildman–Crippen LogP) is 1.75. The predicted molar refractivity (Wildman–Crippen MR) is 57.9 cm³/mol. The summed E-state index contributed by atoms with van der Waals surface area (Å²) in [5.41, 5.74) is 4.72. The molecular weight excluding hydrogens is 283 g/mol. The smallest absolute Gasteiger partial charge is 0.200 e. The van der Waals surface area contributed by atoms with Gasteiger partial charge in [-0.25, -0.2) is 22.0 Å². The van der Waals surface area contributed by atoms with Gasteiger partial charge in [0.15, 0.2) is 23.3 Å². The summed E-state index contributed by atoms with van der Waals surface area (Å²) in [5, 5.41) is 7.20. The molecule has 0 aliphatic rings. The second-order valence-electron chi connectivity index (χ2n) is 4.18. The van der Waals surface area contributed by atoms with E-state index < -0.39 is 40.7 Å². The van der Waals surface area contributed by atoms with Crippen LogP contribution in [0.4, 0.5) is 22.0 Å². The lowest BCUT2D eigenvalue weighted by Gasteiger charge is -2.14. The van der Waals surface area contributed by atoms with Crippen LogP contribution in [-0.2, 0) is 13.5 Å². The lowest BCUT2D eigenvalue weighted by molar-refractivity contribution is 0.363. The third-order valence-corrected chi connectivity index (χ3v) is 2.69. The van der Waals surface area contributed by atoms with E-state index in [0.29, 0.717) is 0 Å². The summed E-state index contributed by atoms with van der Waals surface area (Å²) in [7, 11) is 1.56. The van der Waals surface area contributed by atoms with Crippen molar-refractivity contribution in [2.75, 3.05) is 0 Å². The fourth-order valence-corrected chi connectivity index (χ4v) is 1.76. The quantitative estimate of drug-likeness (QED) is 0.533. The van der Waals surface area contributed by atoms with Gasteiger partial charge in [-0.05, 0) is 0 Å². The third kappa shape index (κ3) is 2.36. The molecule has 108 valence electrons. The molecule has 2 aromatic rings. The number of rotatable bonds is 3. The molecule has 1 aromatic heterocycles. The first kappa shape index (κ1) is 14.4. The highest BCUT2D eigenvalue weighted by Crippen LogP contribution is 2.28. The minimum atomic E-state index is -2.21. The molecule has 4 nitrogen and oxygen atoms in total. The average Bonchev–Trinajstić information content (AvgIpc) is 2.79. The van der Waals surface area contributed by atoms with Gasteiger partial charge in [0.1, 0.15) is 0 Å². The summed E-state index contributed by atoms with van der Waals surface area (Å²) in [6, 6.07) is -1.43. The van der Waals surface area contributed by atoms with Crippen molar-refractivity contribution in [2.24, 2.45) is 12.8 Å². The minimum Gasteiger partial charge on any atom is -0.323 e. The van der Waals surface area contributed by atoms with Gasteiger partial charge in [0, 0.05) is 31.3 Å². The molecule has 9 heteroatoms. The summed E-state index contributed by atoms with van der Waals surface area (Å²) in [6.45, 7) is 0. The Morgan fingerprint density at radius 3 is 2.00 bits per heavy atom. The fourth-order valence-electron chi connectivity index (χ4n) is 1.76. The SMILES string of the molecule is Cn1cc(CC(N)c2c(F)c(F)c(F)c(F)c2F)nn1. The number of aromatic nitrogens is 3. The van der Waals surface area contributed by atoms with E-state index in [-0.39, 0.29) is 12.1 Å². The van der Waals surface area contributed by atoms with Gasteiger partial charge in [0.2, 0.25) is 5.82 Å². The second-order valence-corrected chi connectivity index (χ2v) is 4.18. The zero-order valence-electron chi connectivity index (χ0n) is 10.2. The maximum absolute atomic E-state index is 13.5. The van der Waals surface area contributed by atoms with Crippen molar-refractivity contribution < 1.29 is 22.0 Å². The van der Waals surface area contributed by atoms with Crippen LogP contribution in [0, 0.1) is 29.1 Å². The maximum Gasteiger partial charge on any atom is 0.200 e. The molecule has 2 N–H and O–H groups in total. The van der Waals surface area contributed by atoms with Crippen molar-refractivity contribution in [3.8, 4) is 0 Å². The van der Waals surface area contributed by atoms with E-state index in [1.165, 1.54) is 10.9 Å². The number of benzene rings is 1. The van der Waals surface area contributed by atoms with Crippen LogP contribution < -0.4 is 5.73 Å². The molecule has 0 aliphatic heterocycles. The van der Waals surface area contributed by atoms with Crippen molar-refractivity contribution in [2.45, 2.75) is 12.5 Å². The van der Waals surface area contributed by atoms with Crippen LogP contribution in [0.25, 0.3) is 0 Å². The number of nitrogens with two attached hydrogens (primary N) is 1. The van der Waals surface area contributed by atoms with Gasteiger partial charge in [0.25, 0.3) is 0 Å². The molecule has 1 heterocycles. The molecule has 0 saturated heterocycles. The van der Waals surface area contributed by atoms with E-state index in [0.717, 1.165) is 0 Å². The minimum absolute atomic E-state index is 0.216. The monoisotopic (exact) mass is 292 g/mol. The van der Waals surface area contributed by atoms with Crippen LogP contribution in [-0.4, -0.2) is 15.0 Å². The van der Waals surface area contributed by atoms with Gasteiger partial charge in [-0.3, -0.25) is 4.68 Å². The van der Waals surface area contributed by atoms with Crippen molar-refractivity contribution in [1.82, 2.24) is 15.0 Å². The molecule has 0 amide bonds. The Bertz CT molecular complexity index is 625. The molecule has 0 bridgehead atoms. The highest BCUT2D eigenvalue weighted by Gasteiger charge is 2.29. The lowest BCUT2D eigenvalue weighted by atomic mass is 10.0. The van der Waals surface area contributed by atoms with Crippen molar-refractivity contribution in [3.63, 3.8) is 0 Å². The number of halogens is 5. The topological polar surface area (TPSA) is 56.7 Å². The largest absolute Gasteiger partial charge is 0.323 e. The maximum atomic E-state index is 13.5. The molecule has 0 aliphatic carbocycles. The van der Waals surface area contributed by atoms with Crippen molar-refractivity contribution in [3.05, 3.63) is 46.5 Å². The van der Waals surface area contributed by atoms with E-state index in [9.17, 15) is 22.0 Å². The molecule has 1 atom stereocenters. The molecule has 1 unspecified atom stereocenters. The molecule has 20 heavy (non-hydrogen) atoms. The van der Waals surface area contributed by atoms with Crippen molar-refractivity contribution >= 4 is 0 Å². The van der Waals surface area contributed by atoms with Crippen LogP contribution in [0.1, 0.15) is 17.3 Å². The first-order chi connectivity index (χ1) is 9.32. The van der Waals surface area contributed by atoms with Crippen LogP contribution in [0.15, 0.2) is 6.20 Å². The summed E-state index contributed by atoms with van der Waals surface area (Å²) < 4.78 is 67.4. The summed E-state index contributed by atoms with van der Waals surface area (Å²) in [4.78, 5) is 0. The molecule has 2 rings (SSSR count). The molecule has 0 fully saturated rings. The Balaban J connectivity index is 2.42. The first-order valence-corrected chi connectivity index (χ1v) is 5.45. The molecule has 0 saturated carbocycles. The van der Waals surface area contributed by atoms with Gasteiger partial charge < -0.3 is 5.73 Å². The van der Waals surface area contributed by atoms with Crippen LogP contribution in [0.3, 0.4) is 0 Å². The van der Waals surface area contributed by atoms with Gasteiger partial charge in [-0.1, -0.05) is 5.21 Å². The second kappa shape index (κ2) is 5.16. The van der Waals surface area contributed by atoms with Gasteiger partial charge in [-0.2, -0.15) is 0 Å². The van der Waals surface area contributed by atoms with Gasteiger partial charge in [0.05, 0.1) is 5.69 Å². The van der Waals surface area contributed by atoms with E-state index in [1.54, 1.807) is 7.05 Å². The van der Waals surface area contributed by atoms with Crippen LogP contribution in [0.2, 0.25) is 0 Å². The zero-order chi connectivity index (χ0) is 15.0. The summed E-state index contributed by atoms with van der Waals surface area (Å²) in [5.74, 6) is -10.1. The molecular formula is C11H9F5N4. The number of hydrogen-bond donors (Lipinski definition) is 1. The molecule has 0 radical (unpaired) electrons. The number of nitrogens with zero attached hydrogens (tertiary/aromatic N) is 3. The Hall–Kier alpha value is -2.03. The highest BCUT2D eigenvalue weighted by molar-refractivity contribution is 5.27. The number of hydrogen-bond acceptors (Lipinski definition) is 3. The van der Waals surface area contributed by atoms with Gasteiger partial charge >= 0.3 is 0 Å². The summed E-state index contributed by atoms with van der Waals surface area (Å²) in [6.07, 6.45) is 1.21. The standard InChI is InChI=1S/C11H9F5N4/c1-20-3-4(18-19-20)2-5(17)6-7(12)9(14)11(16)10(15)8(6)13/h3,5H,2,17H2,1H3. The van der Waals surface area contributed by atoms with Crippen LogP contribution in [0.5, 0.6) is 0 Å². The fraction of sp³-hybridized carbons (Fsp3) is 0.273. The van der Waals surface area contributed by atoms with Gasteiger partial charge in [-0.15, -0.1) is 5.10 Å². The lowest BCUT2D eigenvalue weighted by Crippen LogP contribution is -2.20. The number of aryl methyl sites for hydroxylation is 1. The third-order valence-electron chi connectivity index (χ3n) is 2.69. The van der Waals surface area contributed by atoms with E-state index in [1.807, 2.05) is 0 Å². The average molecular weight is 292 g/mol. The summed E-state index contributed by atoms with van der Waals surface area (Å²) >= 11 is 0. The van der Waals surface area contributed by atoms with Crippen molar-refractivity contribution in [1.29, 1.82) is 0 Å². The Morgan fingerprint density at radius 1 is 1.05 bits per heavy atom. The van der Waals surface area contributed by atoms with Crippen LogP contribution >= 0.6 is 0 Å². The Labute approximate surface area is 110 Å². The highest BCUT2D eigenvalue weighted by atomic mass is 19.2. The van der Waals surface area contributed by atoms with E-state index >= 15 is 0 Å². The normalized spacial score (nSPS) is 12.8.